The third-order valence-electron chi connectivity index (χ3n) is 15.3. The average molecular weight is 1130 g/mol. The van der Waals surface area contributed by atoms with Crippen molar-refractivity contribution in [2.75, 3.05) is 40.9 Å². The van der Waals surface area contributed by atoms with Crippen LogP contribution in [0.25, 0.3) is 0 Å². The molecule has 0 spiro atoms. The smallest absolute Gasteiger partial charge is 0.456 e. The van der Waals surface area contributed by atoms with Crippen LogP contribution >= 0.6 is 7.82 Å². The van der Waals surface area contributed by atoms with Gasteiger partial charge in [-0.15, -0.1) is 0 Å². The molecule has 0 saturated carbocycles. The summed E-state index contributed by atoms with van der Waals surface area (Å²) in [5, 5.41) is 3.07. The molecule has 0 saturated heterocycles. The number of carbonyl (C=O) groups excluding carboxylic acids is 2. The van der Waals surface area contributed by atoms with E-state index < -0.39 is 20.0 Å². The number of carbonyl (C=O) groups is 2. The van der Waals surface area contributed by atoms with Gasteiger partial charge in [0.15, 0.2) is 0 Å². The van der Waals surface area contributed by atoms with Crippen molar-refractivity contribution in [1.82, 2.24) is 5.32 Å². The molecule has 0 aliphatic rings. The van der Waals surface area contributed by atoms with Gasteiger partial charge in [0.05, 0.1) is 33.8 Å². The van der Waals surface area contributed by atoms with Crippen molar-refractivity contribution in [3.05, 3.63) is 48.6 Å². The van der Waals surface area contributed by atoms with Gasteiger partial charge in [0.25, 0.3) is 0 Å². The largest absolute Gasteiger partial charge is 0.472 e. The SMILES string of the molecule is CCCCC/C=C\C/C=C\C/C=C\CCCCCCCCCCCCCCC(=O)OC(/C=C/CCCCCCCCCCCC)C(COP(=O)(O)OCC[N+](C)(C)C)NC(=O)CCCCCCCCCCCCCCCCCC. The van der Waals surface area contributed by atoms with Crippen molar-refractivity contribution in [2.24, 2.45) is 0 Å². The molecule has 464 valence electrons. The summed E-state index contributed by atoms with van der Waals surface area (Å²) in [6.07, 6.45) is 74.0. The molecule has 2 N–H and O–H groups in total. The Labute approximate surface area is 490 Å². The lowest BCUT2D eigenvalue weighted by Crippen LogP contribution is -2.47. The standard InChI is InChI=1S/C69H131N2O7P/c1-7-10-13-16-19-22-25-28-30-32-33-34-35-36-37-38-39-40-42-44-47-50-53-56-59-62-69(73)78-67(60-57-54-51-48-45-27-24-21-18-15-12-9-3)66(65-77-79(74,75)76-64-63-71(4,5)6)70-68(72)61-58-55-52-49-46-43-41-31-29-26-23-20-17-14-11-8-2/h19,22,28,30,33-34,57,60,66-67H,7-18,20-21,23-27,29,31-32,35-56,58-59,61-65H2,1-6H3,(H-,70,72,74,75)/p+1/b22-19-,30-28-,34-33-,60-57+. The first kappa shape index (κ1) is 77.0. The minimum atomic E-state index is -4.45. The third-order valence-corrected chi connectivity index (χ3v) is 16.3. The summed E-state index contributed by atoms with van der Waals surface area (Å²) in [6, 6.07) is -0.846. The predicted octanol–water partition coefficient (Wildman–Crippen LogP) is 21.2. The summed E-state index contributed by atoms with van der Waals surface area (Å²) >= 11 is 0. The molecule has 0 radical (unpaired) electrons. The molecular weight excluding hydrogens is 1000 g/mol. The topological polar surface area (TPSA) is 111 Å². The highest BCUT2D eigenvalue weighted by Crippen LogP contribution is 2.43. The Kier molecular flexibility index (Phi) is 57.6. The quantitative estimate of drug-likeness (QED) is 0.0205. The van der Waals surface area contributed by atoms with E-state index in [1.54, 1.807) is 0 Å². The van der Waals surface area contributed by atoms with Gasteiger partial charge in [-0.2, -0.15) is 0 Å². The van der Waals surface area contributed by atoms with Gasteiger partial charge in [0.2, 0.25) is 5.91 Å². The molecule has 10 heteroatoms. The Bertz CT molecular complexity index is 1490. The number of esters is 1. The molecule has 9 nitrogen and oxygen atoms in total. The number of quaternary nitrogens is 1. The number of allylic oxidation sites excluding steroid dienone is 7. The van der Waals surface area contributed by atoms with E-state index in [1.807, 2.05) is 33.3 Å². The van der Waals surface area contributed by atoms with Gasteiger partial charge in [0, 0.05) is 12.8 Å². The molecule has 3 atom stereocenters. The van der Waals surface area contributed by atoms with Crippen LogP contribution in [0, 0.1) is 0 Å². The second kappa shape index (κ2) is 59.1. The summed E-state index contributed by atoms with van der Waals surface area (Å²) in [5.41, 5.74) is 0. The van der Waals surface area contributed by atoms with Crippen molar-refractivity contribution in [3.8, 4) is 0 Å². The van der Waals surface area contributed by atoms with Crippen LogP contribution in [0.1, 0.15) is 329 Å². The number of hydrogen-bond donors (Lipinski definition) is 2. The average Bonchev–Trinajstić information content (AvgIpc) is 3.41. The Hall–Kier alpha value is -2.03. The second-order valence-electron chi connectivity index (χ2n) is 24.4. The highest BCUT2D eigenvalue weighted by atomic mass is 31.2. The molecule has 0 aliphatic carbocycles. The van der Waals surface area contributed by atoms with Gasteiger partial charge in [-0.3, -0.25) is 18.6 Å². The van der Waals surface area contributed by atoms with Crippen molar-refractivity contribution in [3.63, 3.8) is 0 Å². The zero-order valence-corrected chi connectivity index (χ0v) is 54.0. The van der Waals surface area contributed by atoms with E-state index >= 15 is 0 Å². The number of ether oxygens (including phenoxy) is 1. The molecular formula is C69H132N2O7P+. The fourth-order valence-corrected chi connectivity index (χ4v) is 10.7. The van der Waals surface area contributed by atoms with Crippen molar-refractivity contribution in [2.45, 2.75) is 341 Å². The van der Waals surface area contributed by atoms with Gasteiger partial charge >= 0.3 is 13.8 Å². The summed E-state index contributed by atoms with van der Waals surface area (Å²) in [5.74, 6) is -0.492. The zero-order valence-electron chi connectivity index (χ0n) is 53.1. The molecule has 0 bridgehead atoms. The van der Waals surface area contributed by atoms with Gasteiger partial charge in [-0.25, -0.2) is 4.57 Å². The number of hydrogen-bond acceptors (Lipinski definition) is 6. The molecule has 0 fully saturated rings. The maximum Gasteiger partial charge on any atom is 0.472 e. The third kappa shape index (κ3) is 60.4. The fourth-order valence-electron chi connectivity index (χ4n) is 10.0. The van der Waals surface area contributed by atoms with Crippen LogP contribution in [0.2, 0.25) is 0 Å². The van der Waals surface area contributed by atoms with Gasteiger partial charge in [0.1, 0.15) is 19.3 Å². The molecule has 0 rings (SSSR count). The number of phosphoric acid groups is 1. The van der Waals surface area contributed by atoms with E-state index in [1.165, 1.54) is 225 Å². The number of amides is 1. The first-order valence-electron chi connectivity index (χ1n) is 34.0. The fraction of sp³-hybridized carbons (Fsp3) is 0.855. The molecule has 0 aliphatic heterocycles. The Morgan fingerprint density at radius 1 is 0.443 bits per heavy atom. The lowest BCUT2D eigenvalue weighted by atomic mass is 10.0. The highest BCUT2D eigenvalue weighted by molar-refractivity contribution is 7.47. The molecule has 3 unspecified atom stereocenters. The Balaban J connectivity index is 5.07. The zero-order chi connectivity index (χ0) is 57.9. The van der Waals surface area contributed by atoms with Gasteiger partial charge < -0.3 is 19.4 Å². The van der Waals surface area contributed by atoms with Gasteiger partial charge in [-0.05, 0) is 70.3 Å². The minimum Gasteiger partial charge on any atom is -0.456 e. The predicted molar refractivity (Wildman–Crippen MR) is 342 cm³/mol. The highest BCUT2D eigenvalue weighted by Gasteiger charge is 2.30. The summed E-state index contributed by atoms with van der Waals surface area (Å²) < 4.78 is 30.8. The molecule has 0 heterocycles. The monoisotopic (exact) mass is 1130 g/mol. The van der Waals surface area contributed by atoms with Crippen LogP contribution in [0.3, 0.4) is 0 Å². The van der Waals surface area contributed by atoms with E-state index in [2.05, 4.69) is 62.5 Å². The second-order valence-corrected chi connectivity index (χ2v) is 25.8. The number of rotatable bonds is 62. The van der Waals surface area contributed by atoms with Crippen LogP contribution in [0.5, 0.6) is 0 Å². The number of phosphoric ester groups is 1. The number of nitrogens with zero attached hydrogens (tertiary/aromatic N) is 1. The first-order valence-corrected chi connectivity index (χ1v) is 35.5. The van der Waals surface area contributed by atoms with E-state index in [0.29, 0.717) is 23.9 Å². The van der Waals surface area contributed by atoms with Gasteiger partial charge in [-0.1, -0.05) is 294 Å². The number of likely N-dealkylation sites (N-methyl/N-ethyl adjacent to an activating group) is 1. The molecule has 0 aromatic carbocycles. The Morgan fingerprint density at radius 3 is 1.18 bits per heavy atom. The molecule has 79 heavy (non-hydrogen) atoms. The van der Waals surface area contributed by atoms with Crippen LogP contribution in [0.15, 0.2) is 48.6 Å². The summed E-state index contributed by atoms with van der Waals surface area (Å²) in [4.78, 5) is 37.8. The van der Waals surface area contributed by atoms with Crippen molar-refractivity contribution < 1.29 is 37.3 Å². The Morgan fingerprint density at radius 2 is 0.772 bits per heavy atom. The lowest BCUT2D eigenvalue weighted by Gasteiger charge is -2.27. The maximum absolute atomic E-state index is 13.6. The van der Waals surface area contributed by atoms with Crippen molar-refractivity contribution >= 4 is 19.7 Å². The van der Waals surface area contributed by atoms with E-state index in [0.717, 1.165) is 70.6 Å². The van der Waals surface area contributed by atoms with Crippen molar-refractivity contribution in [1.29, 1.82) is 0 Å². The van der Waals surface area contributed by atoms with Crippen LogP contribution in [-0.2, 0) is 27.9 Å². The summed E-state index contributed by atoms with van der Waals surface area (Å²) in [7, 11) is 1.51. The minimum absolute atomic E-state index is 0.0419. The molecule has 0 aromatic rings. The normalized spacial score (nSPS) is 13.9. The van der Waals surface area contributed by atoms with E-state index in [4.69, 9.17) is 13.8 Å². The molecule has 0 aromatic heterocycles. The lowest BCUT2D eigenvalue weighted by molar-refractivity contribution is -0.870. The maximum atomic E-state index is 13.6. The summed E-state index contributed by atoms with van der Waals surface area (Å²) in [6.45, 7) is 7.03. The number of nitrogens with one attached hydrogen (secondary N) is 1. The van der Waals surface area contributed by atoms with Crippen LogP contribution < -0.4 is 5.32 Å². The molecule has 1 amide bonds. The van der Waals surface area contributed by atoms with E-state index in [9.17, 15) is 19.0 Å². The van der Waals surface area contributed by atoms with E-state index in [-0.39, 0.29) is 25.1 Å². The number of unbranched alkanes of at least 4 members (excludes halogenated alkanes) is 40. The van der Waals surface area contributed by atoms with Crippen LogP contribution in [0.4, 0.5) is 0 Å². The van der Waals surface area contributed by atoms with Crippen LogP contribution in [-0.4, -0.2) is 74.3 Å². The first-order chi connectivity index (χ1) is 38.4.